The van der Waals surface area contributed by atoms with Crippen LogP contribution in [-0.4, -0.2) is 24.6 Å². The molecule has 0 amide bonds. The van der Waals surface area contributed by atoms with Crippen LogP contribution < -0.4 is 10.6 Å². The van der Waals surface area contributed by atoms with Crippen LogP contribution in [-0.2, 0) is 0 Å². The molecule has 1 atom stereocenters. The standard InChI is InChI=1S/C12H18BrN3/c1-8-5-10(13)12(15-7-8)16(2)11(6-14)9-3-4-9/h5,7,9,11H,3-4,6,14H2,1-2H3. The van der Waals surface area contributed by atoms with Gasteiger partial charge >= 0.3 is 0 Å². The van der Waals surface area contributed by atoms with Gasteiger partial charge in [-0.05, 0) is 53.2 Å². The van der Waals surface area contributed by atoms with Crippen LogP contribution in [0.5, 0.6) is 0 Å². The Bertz CT molecular complexity index is 377. The Morgan fingerprint density at radius 2 is 2.31 bits per heavy atom. The minimum atomic E-state index is 0.423. The topological polar surface area (TPSA) is 42.2 Å². The number of hydrogen-bond acceptors (Lipinski definition) is 3. The maximum Gasteiger partial charge on any atom is 0.142 e. The van der Waals surface area contributed by atoms with Gasteiger partial charge in [0.1, 0.15) is 5.82 Å². The normalized spacial score (nSPS) is 17.2. The summed E-state index contributed by atoms with van der Waals surface area (Å²) in [5, 5.41) is 0. The summed E-state index contributed by atoms with van der Waals surface area (Å²) in [6.45, 7) is 2.74. The van der Waals surface area contributed by atoms with Gasteiger partial charge in [-0.3, -0.25) is 0 Å². The molecule has 4 heteroatoms. The Balaban J connectivity index is 2.21. The molecule has 2 N–H and O–H groups in total. The van der Waals surface area contributed by atoms with E-state index in [9.17, 15) is 0 Å². The van der Waals surface area contributed by atoms with E-state index in [1.54, 1.807) is 0 Å². The van der Waals surface area contributed by atoms with Crippen molar-refractivity contribution in [1.82, 2.24) is 4.98 Å². The second kappa shape index (κ2) is 4.72. The third kappa shape index (κ3) is 2.38. The molecule has 3 nitrogen and oxygen atoms in total. The van der Waals surface area contributed by atoms with Crippen LogP contribution in [0.15, 0.2) is 16.7 Å². The first kappa shape index (κ1) is 11.9. The van der Waals surface area contributed by atoms with Crippen molar-refractivity contribution in [3.8, 4) is 0 Å². The Kier molecular flexibility index (Phi) is 3.50. The first-order valence-electron chi connectivity index (χ1n) is 5.68. The molecule has 0 spiro atoms. The number of aromatic nitrogens is 1. The average molecular weight is 284 g/mol. The molecule has 88 valence electrons. The van der Waals surface area contributed by atoms with Crippen LogP contribution >= 0.6 is 15.9 Å². The molecule has 1 fully saturated rings. The first-order valence-corrected chi connectivity index (χ1v) is 6.48. The lowest BCUT2D eigenvalue weighted by Crippen LogP contribution is -2.40. The monoisotopic (exact) mass is 283 g/mol. The molecule has 1 heterocycles. The van der Waals surface area contributed by atoms with Crippen LogP contribution in [0, 0.1) is 12.8 Å². The highest BCUT2D eigenvalue weighted by molar-refractivity contribution is 9.10. The molecule has 0 radical (unpaired) electrons. The molecule has 1 aromatic rings. The highest BCUT2D eigenvalue weighted by Crippen LogP contribution is 2.37. The fourth-order valence-electron chi connectivity index (χ4n) is 2.09. The minimum Gasteiger partial charge on any atom is -0.354 e. The summed E-state index contributed by atoms with van der Waals surface area (Å²) >= 11 is 3.57. The predicted molar refractivity (Wildman–Crippen MR) is 70.6 cm³/mol. The third-order valence-corrected chi connectivity index (χ3v) is 3.78. The molecular weight excluding hydrogens is 266 g/mol. The van der Waals surface area contributed by atoms with E-state index in [0.717, 1.165) is 16.2 Å². The van der Waals surface area contributed by atoms with E-state index in [1.165, 1.54) is 18.4 Å². The summed E-state index contributed by atoms with van der Waals surface area (Å²) in [6.07, 6.45) is 4.50. The molecule has 1 saturated carbocycles. The maximum atomic E-state index is 5.85. The van der Waals surface area contributed by atoms with Crippen molar-refractivity contribution in [3.63, 3.8) is 0 Å². The van der Waals surface area contributed by atoms with Crippen LogP contribution in [0.3, 0.4) is 0 Å². The number of nitrogens with two attached hydrogens (primary N) is 1. The largest absolute Gasteiger partial charge is 0.354 e. The summed E-state index contributed by atoms with van der Waals surface area (Å²) in [6, 6.07) is 2.52. The van der Waals surface area contributed by atoms with Gasteiger partial charge in [0, 0.05) is 25.8 Å². The summed E-state index contributed by atoms with van der Waals surface area (Å²) in [7, 11) is 2.08. The Morgan fingerprint density at radius 1 is 1.62 bits per heavy atom. The summed E-state index contributed by atoms with van der Waals surface area (Å²) < 4.78 is 1.05. The number of aryl methyl sites for hydroxylation is 1. The van der Waals surface area contributed by atoms with Gasteiger partial charge in [-0.25, -0.2) is 4.98 Å². The molecule has 1 aromatic heterocycles. The lowest BCUT2D eigenvalue weighted by Gasteiger charge is -2.29. The van der Waals surface area contributed by atoms with Crippen molar-refractivity contribution in [3.05, 3.63) is 22.3 Å². The van der Waals surface area contributed by atoms with Gasteiger partial charge in [-0.2, -0.15) is 0 Å². The average Bonchev–Trinajstić information content (AvgIpc) is 3.02. The Labute approximate surface area is 105 Å². The van der Waals surface area contributed by atoms with Crippen molar-refractivity contribution in [2.75, 3.05) is 18.5 Å². The number of hydrogen-bond donors (Lipinski definition) is 1. The molecule has 1 unspecified atom stereocenters. The van der Waals surface area contributed by atoms with E-state index in [4.69, 9.17) is 5.73 Å². The number of nitrogens with zero attached hydrogens (tertiary/aromatic N) is 2. The van der Waals surface area contributed by atoms with Gasteiger partial charge in [-0.1, -0.05) is 0 Å². The van der Waals surface area contributed by atoms with Crippen LogP contribution in [0.1, 0.15) is 18.4 Å². The van der Waals surface area contributed by atoms with Crippen molar-refractivity contribution in [2.45, 2.75) is 25.8 Å². The zero-order chi connectivity index (χ0) is 11.7. The van der Waals surface area contributed by atoms with Crippen LogP contribution in [0.2, 0.25) is 0 Å². The summed E-state index contributed by atoms with van der Waals surface area (Å²) in [5.41, 5.74) is 7.01. The molecule has 1 aliphatic rings. The second-order valence-corrected chi connectivity index (χ2v) is 5.42. The van der Waals surface area contributed by atoms with Crippen molar-refractivity contribution >= 4 is 21.7 Å². The number of likely N-dealkylation sites (N-methyl/N-ethyl adjacent to an activating group) is 1. The highest BCUT2D eigenvalue weighted by atomic mass is 79.9. The zero-order valence-corrected chi connectivity index (χ0v) is 11.4. The molecule has 0 saturated heterocycles. The smallest absolute Gasteiger partial charge is 0.142 e. The quantitative estimate of drug-likeness (QED) is 0.922. The lowest BCUT2D eigenvalue weighted by atomic mass is 10.1. The highest BCUT2D eigenvalue weighted by Gasteiger charge is 2.33. The number of rotatable bonds is 4. The zero-order valence-electron chi connectivity index (χ0n) is 9.78. The van der Waals surface area contributed by atoms with E-state index in [-0.39, 0.29) is 0 Å². The molecule has 16 heavy (non-hydrogen) atoms. The SMILES string of the molecule is Cc1cnc(N(C)C(CN)C2CC2)c(Br)c1. The van der Waals surface area contributed by atoms with E-state index >= 15 is 0 Å². The Hall–Kier alpha value is -0.610. The molecule has 0 aliphatic heterocycles. The van der Waals surface area contributed by atoms with Crippen molar-refractivity contribution < 1.29 is 0 Å². The number of pyridine rings is 1. The molecular formula is C12H18BrN3. The lowest BCUT2D eigenvalue weighted by molar-refractivity contribution is 0.565. The van der Waals surface area contributed by atoms with E-state index < -0.39 is 0 Å². The van der Waals surface area contributed by atoms with E-state index in [2.05, 4.69) is 38.9 Å². The van der Waals surface area contributed by atoms with Gasteiger partial charge in [0.25, 0.3) is 0 Å². The fourth-order valence-corrected chi connectivity index (χ4v) is 2.83. The molecule has 2 rings (SSSR count). The number of halogens is 1. The van der Waals surface area contributed by atoms with Crippen LogP contribution in [0.4, 0.5) is 5.82 Å². The third-order valence-electron chi connectivity index (χ3n) is 3.20. The molecule has 1 aliphatic carbocycles. The van der Waals surface area contributed by atoms with Crippen molar-refractivity contribution in [1.29, 1.82) is 0 Å². The van der Waals surface area contributed by atoms with Crippen LogP contribution in [0.25, 0.3) is 0 Å². The fraction of sp³-hybridized carbons (Fsp3) is 0.583. The molecule has 0 bridgehead atoms. The minimum absolute atomic E-state index is 0.423. The van der Waals surface area contributed by atoms with Crippen molar-refractivity contribution in [2.24, 2.45) is 11.7 Å². The summed E-state index contributed by atoms with van der Waals surface area (Å²) in [4.78, 5) is 6.69. The molecule has 0 aromatic carbocycles. The summed E-state index contributed by atoms with van der Waals surface area (Å²) in [5.74, 6) is 1.75. The van der Waals surface area contributed by atoms with E-state index in [0.29, 0.717) is 12.6 Å². The van der Waals surface area contributed by atoms with Gasteiger partial charge < -0.3 is 10.6 Å². The second-order valence-electron chi connectivity index (χ2n) is 4.57. The maximum absolute atomic E-state index is 5.85. The van der Waals surface area contributed by atoms with Gasteiger partial charge in [0.05, 0.1) is 4.47 Å². The van der Waals surface area contributed by atoms with Gasteiger partial charge in [-0.15, -0.1) is 0 Å². The first-order chi connectivity index (χ1) is 7.63. The van der Waals surface area contributed by atoms with Gasteiger partial charge in [0.15, 0.2) is 0 Å². The van der Waals surface area contributed by atoms with E-state index in [1.807, 2.05) is 13.1 Å². The number of anilines is 1. The predicted octanol–water partition coefficient (Wildman–Crippen LogP) is 2.33. The Morgan fingerprint density at radius 3 is 2.81 bits per heavy atom. The van der Waals surface area contributed by atoms with Gasteiger partial charge in [0.2, 0.25) is 0 Å².